The van der Waals surface area contributed by atoms with E-state index in [-0.39, 0.29) is 6.17 Å². The maximum atomic E-state index is 5.59. The Morgan fingerprint density at radius 1 is 1.60 bits per heavy atom. The molecule has 0 heterocycles. The molecule has 0 saturated carbocycles. The standard InChI is InChI=1S/C8H16N2/c1-7(9)10-8-5-3-2-4-6-8/h2-3,7-8,10H,4-6,9H2,1H3. The van der Waals surface area contributed by atoms with Crippen LogP contribution in [0, 0.1) is 0 Å². The molecular formula is C8H16N2. The number of rotatable bonds is 2. The SMILES string of the molecule is CC(N)NC1CC=CCC1. The van der Waals surface area contributed by atoms with Gasteiger partial charge in [-0.15, -0.1) is 0 Å². The van der Waals surface area contributed by atoms with Gasteiger partial charge in [0.2, 0.25) is 0 Å². The Bertz CT molecular complexity index is 118. The van der Waals surface area contributed by atoms with Crippen LogP contribution < -0.4 is 11.1 Å². The third-order valence-electron chi connectivity index (χ3n) is 1.77. The van der Waals surface area contributed by atoms with E-state index in [1.807, 2.05) is 6.92 Å². The summed E-state index contributed by atoms with van der Waals surface area (Å²) in [6, 6.07) is 0.616. The van der Waals surface area contributed by atoms with Crippen molar-refractivity contribution < 1.29 is 0 Å². The van der Waals surface area contributed by atoms with E-state index >= 15 is 0 Å². The van der Waals surface area contributed by atoms with Crippen LogP contribution in [-0.2, 0) is 0 Å². The summed E-state index contributed by atoms with van der Waals surface area (Å²) >= 11 is 0. The molecule has 0 aliphatic heterocycles. The van der Waals surface area contributed by atoms with Crippen LogP contribution in [0.15, 0.2) is 12.2 Å². The second-order valence-corrected chi connectivity index (χ2v) is 2.94. The van der Waals surface area contributed by atoms with Gasteiger partial charge >= 0.3 is 0 Å². The van der Waals surface area contributed by atoms with E-state index in [1.54, 1.807) is 0 Å². The zero-order chi connectivity index (χ0) is 7.40. The van der Waals surface area contributed by atoms with Crippen LogP contribution in [0.5, 0.6) is 0 Å². The van der Waals surface area contributed by atoms with E-state index in [0.717, 1.165) is 6.42 Å². The minimum Gasteiger partial charge on any atom is -0.316 e. The smallest absolute Gasteiger partial charge is 0.0519 e. The van der Waals surface area contributed by atoms with Crippen molar-refractivity contribution in [2.24, 2.45) is 5.73 Å². The Morgan fingerprint density at radius 2 is 2.40 bits per heavy atom. The highest BCUT2D eigenvalue weighted by Gasteiger charge is 2.09. The topological polar surface area (TPSA) is 38.0 Å². The largest absolute Gasteiger partial charge is 0.316 e. The molecule has 1 aliphatic carbocycles. The highest BCUT2D eigenvalue weighted by Crippen LogP contribution is 2.10. The Labute approximate surface area is 62.5 Å². The Kier molecular flexibility index (Phi) is 2.90. The molecule has 1 aliphatic rings. The van der Waals surface area contributed by atoms with Gasteiger partial charge in [0.1, 0.15) is 0 Å². The molecule has 2 heteroatoms. The molecule has 0 radical (unpaired) electrons. The second kappa shape index (κ2) is 3.74. The minimum absolute atomic E-state index is 0.136. The van der Waals surface area contributed by atoms with Gasteiger partial charge in [0.25, 0.3) is 0 Å². The molecule has 3 N–H and O–H groups in total. The van der Waals surface area contributed by atoms with Crippen molar-refractivity contribution in [1.29, 1.82) is 0 Å². The average Bonchev–Trinajstić information content (AvgIpc) is 1.88. The molecule has 58 valence electrons. The number of nitrogens with one attached hydrogen (secondary N) is 1. The van der Waals surface area contributed by atoms with E-state index in [1.165, 1.54) is 12.8 Å². The molecule has 0 fully saturated rings. The number of allylic oxidation sites excluding steroid dienone is 1. The molecule has 10 heavy (non-hydrogen) atoms. The molecule has 2 unspecified atom stereocenters. The first-order valence-corrected chi connectivity index (χ1v) is 3.95. The first-order valence-electron chi connectivity index (χ1n) is 3.95. The van der Waals surface area contributed by atoms with Gasteiger partial charge in [-0.1, -0.05) is 12.2 Å². The van der Waals surface area contributed by atoms with Crippen molar-refractivity contribution >= 4 is 0 Å². The van der Waals surface area contributed by atoms with Gasteiger partial charge in [0.05, 0.1) is 6.17 Å². The van der Waals surface area contributed by atoms with E-state index < -0.39 is 0 Å². The first kappa shape index (κ1) is 7.76. The average molecular weight is 140 g/mol. The highest BCUT2D eigenvalue weighted by atomic mass is 15.0. The fourth-order valence-corrected chi connectivity index (χ4v) is 1.32. The Balaban J connectivity index is 2.22. The molecule has 2 nitrogen and oxygen atoms in total. The van der Waals surface area contributed by atoms with Gasteiger partial charge in [-0.2, -0.15) is 0 Å². The van der Waals surface area contributed by atoms with Crippen LogP contribution in [0.2, 0.25) is 0 Å². The van der Waals surface area contributed by atoms with E-state index in [4.69, 9.17) is 5.73 Å². The van der Waals surface area contributed by atoms with Crippen molar-refractivity contribution in [3.05, 3.63) is 12.2 Å². The summed E-state index contributed by atoms with van der Waals surface area (Å²) in [5, 5.41) is 3.31. The summed E-state index contributed by atoms with van der Waals surface area (Å²) in [6.45, 7) is 1.98. The van der Waals surface area contributed by atoms with Crippen LogP contribution in [0.25, 0.3) is 0 Å². The summed E-state index contributed by atoms with van der Waals surface area (Å²) < 4.78 is 0. The number of hydrogen-bond donors (Lipinski definition) is 2. The summed E-state index contributed by atoms with van der Waals surface area (Å²) in [5.74, 6) is 0. The lowest BCUT2D eigenvalue weighted by molar-refractivity contribution is 0.425. The molecule has 2 atom stereocenters. The van der Waals surface area contributed by atoms with Crippen molar-refractivity contribution in [3.63, 3.8) is 0 Å². The van der Waals surface area contributed by atoms with Crippen LogP contribution in [0.3, 0.4) is 0 Å². The van der Waals surface area contributed by atoms with Gasteiger partial charge in [-0.25, -0.2) is 0 Å². The molecule has 0 aromatic carbocycles. The van der Waals surface area contributed by atoms with E-state index in [9.17, 15) is 0 Å². The van der Waals surface area contributed by atoms with Crippen LogP contribution in [0.1, 0.15) is 26.2 Å². The predicted molar refractivity (Wildman–Crippen MR) is 43.6 cm³/mol. The lowest BCUT2D eigenvalue weighted by Gasteiger charge is -2.21. The summed E-state index contributed by atoms with van der Waals surface area (Å²) in [6.07, 6.45) is 8.17. The van der Waals surface area contributed by atoms with Crippen LogP contribution in [0.4, 0.5) is 0 Å². The van der Waals surface area contributed by atoms with Crippen molar-refractivity contribution in [2.75, 3.05) is 0 Å². The third-order valence-corrected chi connectivity index (χ3v) is 1.77. The predicted octanol–water partition coefficient (Wildman–Crippen LogP) is 0.989. The zero-order valence-electron chi connectivity index (χ0n) is 6.51. The fourth-order valence-electron chi connectivity index (χ4n) is 1.32. The van der Waals surface area contributed by atoms with E-state index in [0.29, 0.717) is 6.04 Å². The monoisotopic (exact) mass is 140 g/mol. The number of nitrogens with two attached hydrogens (primary N) is 1. The summed E-state index contributed by atoms with van der Waals surface area (Å²) in [7, 11) is 0. The molecule has 0 amide bonds. The molecule has 0 aromatic heterocycles. The van der Waals surface area contributed by atoms with Gasteiger partial charge in [0, 0.05) is 6.04 Å². The molecule has 0 aromatic rings. The van der Waals surface area contributed by atoms with Gasteiger partial charge in [-0.05, 0) is 26.2 Å². The van der Waals surface area contributed by atoms with Crippen LogP contribution >= 0.6 is 0 Å². The van der Waals surface area contributed by atoms with Crippen molar-refractivity contribution in [3.8, 4) is 0 Å². The van der Waals surface area contributed by atoms with Crippen LogP contribution in [-0.4, -0.2) is 12.2 Å². The molecule has 0 spiro atoms. The first-order chi connectivity index (χ1) is 4.79. The van der Waals surface area contributed by atoms with Crippen molar-refractivity contribution in [2.45, 2.75) is 38.4 Å². The third kappa shape index (κ3) is 2.50. The maximum Gasteiger partial charge on any atom is 0.0519 e. The second-order valence-electron chi connectivity index (χ2n) is 2.94. The normalized spacial score (nSPS) is 28.4. The zero-order valence-corrected chi connectivity index (χ0v) is 6.51. The molecule has 1 rings (SSSR count). The molecule has 0 bridgehead atoms. The molecular weight excluding hydrogens is 124 g/mol. The minimum atomic E-state index is 0.136. The summed E-state index contributed by atoms with van der Waals surface area (Å²) in [4.78, 5) is 0. The van der Waals surface area contributed by atoms with Crippen molar-refractivity contribution in [1.82, 2.24) is 5.32 Å². The summed E-state index contributed by atoms with van der Waals surface area (Å²) in [5.41, 5.74) is 5.59. The van der Waals surface area contributed by atoms with E-state index in [2.05, 4.69) is 17.5 Å². The van der Waals surface area contributed by atoms with Gasteiger partial charge in [0.15, 0.2) is 0 Å². The van der Waals surface area contributed by atoms with Gasteiger partial charge < -0.3 is 5.73 Å². The Hall–Kier alpha value is -0.340. The maximum absolute atomic E-state index is 5.59. The number of hydrogen-bond acceptors (Lipinski definition) is 2. The lowest BCUT2D eigenvalue weighted by atomic mass is 10.0. The lowest BCUT2D eigenvalue weighted by Crippen LogP contribution is -2.42. The van der Waals surface area contributed by atoms with Gasteiger partial charge in [-0.3, -0.25) is 5.32 Å². The Morgan fingerprint density at radius 3 is 2.90 bits per heavy atom. The fraction of sp³-hybridized carbons (Fsp3) is 0.750. The molecule has 0 saturated heterocycles. The quantitative estimate of drug-likeness (QED) is 0.443. The highest BCUT2D eigenvalue weighted by molar-refractivity contribution is 4.93.